The quantitative estimate of drug-likeness (QED) is 0.195. The number of hydrogen-bond acceptors (Lipinski definition) is 3. The van der Waals surface area contributed by atoms with Crippen molar-refractivity contribution in [3.63, 3.8) is 0 Å². The van der Waals surface area contributed by atoms with Crippen LogP contribution in [0.15, 0.2) is 23.8 Å². The summed E-state index contributed by atoms with van der Waals surface area (Å²) in [6.07, 6.45) is 9.65. The fourth-order valence-corrected chi connectivity index (χ4v) is 2.17. The molecule has 1 unspecified atom stereocenters. The summed E-state index contributed by atoms with van der Waals surface area (Å²) >= 11 is 16.6. The Hall–Kier alpha value is -0.220. The van der Waals surface area contributed by atoms with Gasteiger partial charge in [0.25, 0.3) is 0 Å². The minimum atomic E-state index is -1.58. The van der Waals surface area contributed by atoms with E-state index in [9.17, 15) is 4.79 Å². The second-order valence-corrected chi connectivity index (χ2v) is 9.23. The lowest BCUT2D eigenvalue weighted by molar-refractivity contribution is -0.137. The van der Waals surface area contributed by atoms with E-state index in [2.05, 4.69) is 26.8 Å². The highest BCUT2D eigenvalue weighted by atomic mass is 35.6. The summed E-state index contributed by atoms with van der Waals surface area (Å²) in [6, 6.07) is 0. The van der Waals surface area contributed by atoms with E-state index in [0.29, 0.717) is 5.92 Å². The summed E-state index contributed by atoms with van der Waals surface area (Å²) in [6.45, 7) is 8.00. The van der Waals surface area contributed by atoms with Gasteiger partial charge in [-0.2, -0.15) is 0 Å². The van der Waals surface area contributed by atoms with E-state index in [1.54, 1.807) is 7.11 Å². The van der Waals surface area contributed by atoms with Gasteiger partial charge in [0.1, 0.15) is 6.61 Å². The average molecular weight is 400 g/mol. The van der Waals surface area contributed by atoms with Crippen LogP contribution in [0.25, 0.3) is 0 Å². The standard InChI is InChI=1S/C18H29Cl3O3/c1-14(10-7-11-17(3,4)23-5)8-6-9-15(2)12-16(22)24-13-18(19,20)21/h6,9,12,14H,7-8,10-11,13H2,1-5H3. The molecule has 0 saturated carbocycles. The van der Waals surface area contributed by atoms with Gasteiger partial charge in [-0.05, 0) is 45.1 Å². The molecule has 0 radical (unpaired) electrons. The van der Waals surface area contributed by atoms with E-state index >= 15 is 0 Å². The summed E-state index contributed by atoms with van der Waals surface area (Å²) < 4.78 is 8.68. The summed E-state index contributed by atoms with van der Waals surface area (Å²) in [7, 11) is 1.75. The van der Waals surface area contributed by atoms with Gasteiger partial charge in [-0.15, -0.1) is 0 Å². The van der Waals surface area contributed by atoms with Crippen LogP contribution in [0.1, 0.15) is 53.4 Å². The average Bonchev–Trinajstić information content (AvgIpc) is 2.44. The summed E-state index contributed by atoms with van der Waals surface area (Å²) in [5, 5.41) is 0. The van der Waals surface area contributed by atoms with Crippen LogP contribution in [0.4, 0.5) is 0 Å². The van der Waals surface area contributed by atoms with Crippen LogP contribution >= 0.6 is 34.8 Å². The third-order valence-electron chi connectivity index (χ3n) is 3.67. The van der Waals surface area contributed by atoms with E-state index in [0.717, 1.165) is 31.3 Å². The Labute approximate surface area is 161 Å². The molecule has 0 saturated heterocycles. The number of carbonyl (C=O) groups is 1. The first-order valence-electron chi connectivity index (χ1n) is 8.08. The Morgan fingerprint density at radius 3 is 2.42 bits per heavy atom. The maximum Gasteiger partial charge on any atom is 0.331 e. The van der Waals surface area contributed by atoms with Crippen LogP contribution in [-0.4, -0.2) is 29.1 Å². The van der Waals surface area contributed by atoms with Gasteiger partial charge >= 0.3 is 5.97 Å². The van der Waals surface area contributed by atoms with Gasteiger partial charge in [-0.3, -0.25) is 0 Å². The molecular weight excluding hydrogens is 371 g/mol. The SMILES string of the molecule is COC(C)(C)CCCC(C)CC=CC(C)=CC(=O)OCC(Cl)(Cl)Cl. The number of rotatable bonds is 10. The number of alkyl halides is 3. The Morgan fingerprint density at radius 1 is 1.25 bits per heavy atom. The fraction of sp³-hybridized carbons (Fsp3) is 0.722. The van der Waals surface area contributed by atoms with E-state index in [-0.39, 0.29) is 12.2 Å². The molecule has 6 heteroatoms. The van der Waals surface area contributed by atoms with Crippen molar-refractivity contribution in [2.24, 2.45) is 5.92 Å². The minimum absolute atomic E-state index is 0.0536. The van der Waals surface area contributed by atoms with Gasteiger partial charge in [0.2, 0.25) is 3.79 Å². The molecule has 0 aliphatic heterocycles. The number of esters is 1. The molecule has 24 heavy (non-hydrogen) atoms. The summed E-state index contributed by atoms with van der Waals surface area (Å²) in [4.78, 5) is 11.5. The van der Waals surface area contributed by atoms with E-state index in [1.165, 1.54) is 6.08 Å². The Kier molecular flexibility index (Phi) is 11.3. The molecule has 0 aliphatic carbocycles. The first-order chi connectivity index (χ1) is 10.9. The van der Waals surface area contributed by atoms with Crippen LogP contribution in [0, 0.1) is 5.92 Å². The third-order valence-corrected chi connectivity index (χ3v) is 4.00. The second kappa shape index (κ2) is 11.4. The largest absolute Gasteiger partial charge is 0.458 e. The highest BCUT2D eigenvalue weighted by Gasteiger charge is 2.21. The van der Waals surface area contributed by atoms with Crippen LogP contribution < -0.4 is 0 Å². The van der Waals surface area contributed by atoms with Crippen LogP contribution in [0.2, 0.25) is 0 Å². The van der Waals surface area contributed by atoms with Crippen molar-refractivity contribution in [3.8, 4) is 0 Å². The topological polar surface area (TPSA) is 35.5 Å². The molecule has 0 rings (SSSR count). The van der Waals surface area contributed by atoms with Crippen molar-refractivity contribution in [3.05, 3.63) is 23.8 Å². The van der Waals surface area contributed by atoms with Crippen molar-refractivity contribution < 1.29 is 14.3 Å². The predicted octanol–water partition coefficient (Wildman–Crippen LogP) is 6.02. The Morgan fingerprint density at radius 2 is 1.88 bits per heavy atom. The van der Waals surface area contributed by atoms with Gasteiger partial charge in [0.15, 0.2) is 0 Å². The van der Waals surface area contributed by atoms with E-state index in [4.69, 9.17) is 44.3 Å². The molecule has 0 fully saturated rings. The third kappa shape index (κ3) is 14.2. The molecule has 0 aromatic rings. The zero-order valence-electron chi connectivity index (χ0n) is 15.2. The lowest BCUT2D eigenvalue weighted by atomic mass is 9.95. The maximum atomic E-state index is 11.5. The Bertz CT molecular complexity index is 437. The number of halogens is 3. The van der Waals surface area contributed by atoms with Crippen molar-refractivity contribution in [2.45, 2.75) is 62.8 Å². The zero-order chi connectivity index (χ0) is 18.8. The monoisotopic (exact) mass is 398 g/mol. The normalized spacial score (nSPS) is 14.9. The van der Waals surface area contributed by atoms with Crippen LogP contribution in [-0.2, 0) is 14.3 Å². The number of ether oxygens (including phenoxy) is 2. The van der Waals surface area contributed by atoms with Gasteiger partial charge in [-0.1, -0.05) is 66.7 Å². The molecule has 0 N–H and O–H groups in total. The zero-order valence-corrected chi connectivity index (χ0v) is 17.5. The molecule has 0 aliphatic rings. The van der Waals surface area contributed by atoms with Gasteiger partial charge in [-0.25, -0.2) is 4.79 Å². The second-order valence-electron chi connectivity index (χ2n) is 6.71. The van der Waals surface area contributed by atoms with E-state index in [1.807, 2.05) is 13.0 Å². The van der Waals surface area contributed by atoms with E-state index < -0.39 is 9.76 Å². The van der Waals surface area contributed by atoms with Crippen LogP contribution in [0.5, 0.6) is 0 Å². The number of carbonyl (C=O) groups excluding carboxylic acids is 1. The molecule has 0 aromatic carbocycles. The highest BCUT2D eigenvalue weighted by Crippen LogP contribution is 2.26. The number of hydrogen-bond donors (Lipinski definition) is 0. The molecule has 140 valence electrons. The van der Waals surface area contributed by atoms with Gasteiger partial charge in [0, 0.05) is 13.2 Å². The number of allylic oxidation sites excluding steroid dienone is 3. The van der Waals surface area contributed by atoms with Crippen molar-refractivity contribution >= 4 is 40.8 Å². The fourth-order valence-electron chi connectivity index (χ4n) is 2.01. The van der Waals surface area contributed by atoms with Gasteiger partial charge < -0.3 is 9.47 Å². The predicted molar refractivity (Wildman–Crippen MR) is 103 cm³/mol. The van der Waals surface area contributed by atoms with Crippen molar-refractivity contribution in [1.82, 2.24) is 0 Å². The lowest BCUT2D eigenvalue weighted by Crippen LogP contribution is -2.22. The highest BCUT2D eigenvalue weighted by molar-refractivity contribution is 6.67. The molecule has 3 nitrogen and oxygen atoms in total. The van der Waals surface area contributed by atoms with Crippen molar-refractivity contribution in [1.29, 1.82) is 0 Å². The molecule has 0 spiro atoms. The summed E-state index contributed by atoms with van der Waals surface area (Å²) in [5.74, 6) is 0.0661. The summed E-state index contributed by atoms with van der Waals surface area (Å²) in [5.41, 5.74) is 0.749. The first kappa shape index (κ1) is 23.8. The number of methoxy groups -OCH3 is 1. The maximum absolute atomic E-state index is 11.5. The lowest BCUT2D eigenvalue weighted by Gasteiger charge is -2.23. The van der Waals surface area contributed by atoms with Gasteiger partial charge in [0.05, 0.1) is 5.60 Å². The molecule has 0 bridgehead atoms. The molecule has 0 amide bonds. The smallest absolute Gasteiger partial charge is 0.331 e. The molecule has 0 aromatic heterocycles. The molecular formula is C18H29Cl3O3. The first-order valence-corrected chi connectivity index (χ1v) is 9.22. The Balaban J connectivity index is 4.11. The molecule has 1 atom stereocenters. The van der Waals surface area contributed by atoms with Crippen LogP contribution in [0.3, 0.4) is 0 Å². The minimum Gasteiger partial charge on any atom is -0.458 e. The van der Waals surface area contributed by atoms with Crippen molar-refractivity contribution in [2.75, 3.05) is 13.7 Å². The molecule has 0 heterocycles.